The molecule has 0 bridgehead atoms. The minimum absolute atomic E-state index is 0.0891. The fraction of sp³-hybridized carbons (Fsp3) is 0.286. The molecule has 4 N–H and O–H groups in total. The summed E-state index contributed by atoms with van der Waals surface area (Å²) in [7, 11) is 1.89. The second kappa shape index (κ2) is 13.3. The molecule has 3 aromatic rings. The van der Waals surface area contributed by atoms with E-state index in [9.17, 15) is 14.7 Å². The van der Waals surface area contributed by atoms with Crippen LogP contribution in [0.25, 0.3) is 0 Å². The number of rotatable bonds is 11. The zero-order chi connectivity index (χ0) is 26.9. The Bertz CT molecular complexity index is 1220. The molecule has 0 saturated carbocycles. The first-order valence-electron chi connectivity index (χ1n) is 11.9. The van der Waals surface area contributed by atoms with Gasteiger partial charge in [0.1, 0.15) is 16.8 Å². The van der Waals surface area contributed by atoms with Crippen LogP contribution in [-0.2, 0) is 29.0 Å². The number of phenols is 1. The van der Waals surface area contributed by atoms with Crippen molar-refractivity contribution in [3.63, 3.8) is 0 Å². The van der Waals surface area contributed by atoms with Gasteiger partial charge in [0.25, 0.3) is 5.91 Å². The average Bonchev–Trinajstić information content (AvgIpc) is 2.87. The number of ether oxygens (including phenoxy) is 1. The zero-order valence-corrected chi connectivity index (χ0v) is 22.5. The average molecular weight is 544 g/mol. The highest BCUT2D eigenvalue weighted by Crippen LogP contribution is 2.40. The normalized spacial score (nSPS) is 11.7. The Labute approximate surface area is 227 Å². The second-order valence-electron chi connectivity index (χ2n) is 8.85. The summed E-state index contributed by atoms with van der Waals surface area (Å²) in [6, 6.07) is 17.6. The Kier molecular flexibility index (Phi) is 10.2. The molecule has 1 amide bonds. The van der Waals surface area contributed by atoms with Gasteiger partial charge in [-0.3, -0.25) is 4.79 Å². The summed E-state index contributed by atoms with van der Waals surface area (Å²) in [6.45, 7) is 4.63. The third-order valence-electron chi connectivity index (χ3n) is 5.53. The largest absolute Gasteiger partial charge is 0.505 e. The number of halogens is 2. The van der Waals surface area contributed by atoms with Crippen LogP contribution < -0.4 is 16.0 Å². The van der Waals surface area contributed by atoms with Crippen molar-refractivity contribution in [1.82, 2.24) is 10.6 Å². The number of nitrogens with one attached hydrogen (secondary N) is 3. The molecule has 0 aliphatic carbocycles. The van der Waals surface area contributed by atoms with Crippen molar-refractivity contribution < 1.29 is 19.4 Å². The van der Waals surface area contributed by atoms with Gasteiger partial charge < -0.3 is 25.8 Å². The van der Waals surface area contributed by atoms with E-state index in [0.717, 1.165) is 23.2 Å². The van der Waals surface area contributed by atoms with Gasteiger partial charge in [-0.25, -0.2) is 4.79 Å². The first kappa shape index (κ1) is 28.3. The first-order chi connectivity index (χ1) is 17.7. The topological polar surface area (TPSA) is 99.7 Å². The van der Waals surface area contributed by atoms with Crippen LogP contribution >= 0.6 is 23.2 Å². The lowest BCUT2D eigenvalue weighted by atomic mass is 10.0. The third-order valence-corrected chi connectivity index (χ3v) is 6.20. The third kappa shape index (κ3) is 7.86. The number of hydrogen-bond acceptors (Lipinski definition) is 6. The molecule has 9 heteroatoms. The van der Waals surface area contributed by atoms with E-state index in [-0.39, 0.29) is 28.1 Å². The van der Waals surface area contributed by atoms with Crippen LogP contribution in [0.3, 0.4) is 0 Å². The predicted molar refractivity (Wildman–Crippen MR) is 147 cm³/mol. The Morgan fingerprint density at radius 3 is 2.16 bits per heavy atom. The summed E-state index contributed by atoms with van der Waals surface area (Å²) in [6.07, 6.45) is -0.141. The first-order valence-corrected chi connectivity index (χ1v) is 12.7. The number of hydrogen-bond donors (Lipinski definition) is 4. The Morgan fingerprint density at radius 2 is 1.57 bits per heavy atom. The summed E-state index contributed by atoms with van der Waals surface area (Å²) in [5.41, 5.74) is 3.13. The molecular weight excluding hydrogens is 513 g/mol. The molecule has 0 spiro atoms. The van der Waals surface area contributed by atoms with Crippen molar-refractivity contribution in [1.29, 1.82) is 0 Å². The Balaban J connectivity index is 1.77. The number of benzene rings is 3. The molecule has 37 heavy (non-hydrogen) atoms. The maximum atomic E-state index is 13.1. The monoisotopic (exact) mass is 543 g/mol. The quantitative estimate of drug-likeness (QED) is 0.244. The maximum Gasteiger partial charge on any atom is 0.329 e. The minimum Gasteiger partial charge on any atom is -0.505 e. The van der Waals surface area contributed by atoms with Crippen LogP contribution in [0, 0.1) is 0 Å². The summed E-state index contributed by atoms with van der Waals surface area (Å²) < 4.78 is 5.33. The van der Waals surface area contributed by atoms with Crippen LogP contribution in [-0.4, -0.2) is 36.2 Å². The Hall–Kier alpha value is -3.26. The SMILES string of the molecule is CNCc1ccc(CNc2c(Cl)cc(C(=O)N[C@@H](Cc3ccccc3)C(=O)OC(C)C)c(O)c2Cl)cc1. The van der Waals surface area contributed by atoms with Crippen LogP contribution in [0.4, 0.5) is 5.69 Å². The number of carbonyl (C=O) groups excluding carboxylic acids is 2. The van der Waals surface area contributed by atoms with Crippen LogP contribution in [0.5, 0.6) is 5.75 Å². The number of carbonyl (C=O) groups is 2. The number of anilines is 1. The molecule has 196 valence electrons. The molecule has 0 heterocycles. The smallest absolute Gasteiger partial charge is 0.329 e. The van der Waals surface area contributed by atoms with Crippen LogP contribution in [0.2, 0.25) is 10.0 Å². The van der Waals surface area contributed by atoms with E-state index in [1.54, 1.807) is 13.8 Å². The lowest BCUT2D eigenvalue weighted by Gasteiger charge is -2.20. The highest BCUT2D eigenvalue weighted by molar-refractivity contribution is 6.40. The standard InChI is InChI=1S/C28H31Cl2N3O4/c1-17(2)37-28(36)23(13-18-7-5-4-6-8-18)33-27(35)21-14-22(29)25(24(30)26(21)34)32-16-20-11-9-19(10-12-20)15-31-3/h4-12,14,17,23,31-32,34H,13,15-16H2,1-3H3,(H,33,35)/t23-/m0/s1. The number of phenolic OH excluding ortho intramolecular Hbond substituents is 1. The van der Waals surface area contributed by atoms with Gasteiger partial charge in [-0.1, -0.05) is 77.8 Å². The molecule has 3 aromatic carbocycles. The molecule has 0 fully saturated rings. The van der Waals surface area contributed by atoms with E-state index in [1.165, 1.54) is 6.07 Å². The van der Waals surface area contributed by atoms with E-state index in [1.807, 2.05) is 61.6 Å². The molecular formula is C28H31Cl2N3O4. The fourth-order valence-electron chi connectivity index (χ4n) is 3.71. The molecule has 3 rings (SSSR count). The van der Waals surface area contributed by atoms with Crippen molar-refractivity contribution in [2.45, 2.75) is 45.5 Å². The molecule has 0 aliphatic heterocycles. The van der Waals surface area contributed by atoms with E-state index >= 15 is 0 Å². The molecule has 1 atom stereocenters. The van der Waals surface area contributed by atoms with Gasteiger partial charge in [0.2, 0.25) is 0 Å². The van der Waals surface area contributed by atoms with Gasteiger partial charge in [0.05, 0.1) is 22.4 Å². The number of aromatic hydroxyl groups is 1. The summed E-state index contributed by atoms with van der Waals surface area (Å²) in [4.78, 5) is 25.8. The zero-order valence-electron chi connectivity index (χ0n) is 21.0. The summed E-state index contributed by atoms with van der Waals surface area (Å²) in [5, 5.41) is 19.7. The highest BCUT2D eigenvalue weighted by atomic mass is 35.5. The van der Waals surface area contributed by atoms with E-state index in [0.29, 0.717) is 12.2 Å². The minimum atomic E-state index is -0.974. The lowest BCUT2D eigenvalue weighted by Crippen LogP contribution is -2.44. The molecule has 0 aromatic heterocycles. The Morgan fingerprint density at radius 1 is 0.946 bits per heavy atom. The van der Waals surface area contributed by atoms with Gasteiger partial charge in [0, 0.05) is 19.5 Å². The van der Waals surface area contributed by atoms with Gasteiger partial charge in [0.15, 0.2) is 0 Å². The van der Waals surface area contributed by atoms with E-state index in [4.69, 9.17) is 27.9 Å². The van der Waals surface area contributed by atoms with Crippen molar-refractivity contribution in [2.75, 3.05) is 12.4 Å². The molecule has 0 aliphatic rings. The van der Waals surface area contributed by atoms with Crippen molar-refractivity contribution in [3.05, 3.63) is 93.0 Å². The van der Waals surface area contributed by atoms with Gasteiger partial charge in [-0.15, -0.1) is 0 Å². The van der Waals surface area contributed by atoms with Crippen molar-refractivity contribution >= 4 is 40.8 Å². The molecule has 0 saturated heterocycles. The van der Waals surface area contributed by atoms with Crippen LogP contribution in [0.1, 0.15) is 40.9 Å². The highest BCUT2D eigenvalue weighted by Gasteiger charge is 2.27. The van der Waals surface area contributed by atoms with Crippen molar-refractivity contribution in [2.24, 2.45) is 0 Å². The maximum absolute atomic E-state index is 13.1. The molecule has 0 unspecified atom stereocenters. The van der Waals surface area contributed by atoms with E-state index in [2.05, 4.69) is 16.0 Å². The number of amides is 1. The van der Waals surface area contributed by atoms with Gasteiger partial charge in [-0.05, 0) is 43.7 Å². The molecule has 7 nitrogen and oxygen atoms in total. The second-order valence-corrected chi connectivity index (χ2v) is 9.63. The van der Waals surface area contributed by atoms with Gasteiger partial charge >= 0.3 is 5.97 Å². The fourth-order valence-corrected chi connectivity index (χ4v) is 4.30. The number of esters is 1. The van der Waals surface area contributed by atoms with Crippen molar-refractivity contribution in [3.8, 4) is 5.75 Å². The summed E-state index contributed by atoms with van der Waals surface area (Å²) in [5.74, 6) is -1.72. The van der Waals surface area contributed by atoms with Crippen LogP contribution in [0.15, 0.2) is 60.7 Å². The molecule has 0 radical (unpaired) electrons. The summed E-state index contributed by atoms with van der Waals surface area (Å²) >= 11 is 12.8. The predicted octanol–water partition coefficient (Wildman–Crippen LogP) is 5.32. The van der Waals surface area contributed by atoms with E-state index < -0.39 is 23.7 Å². The lowest BCUT2D eigenvalue weighted by molar-refractivity contribution is -0.149. The van der Waals surface area contributed by atoms with Gasteiger partial charge in [-0.2, -0.15) is 0 Å².